The fourth-order valence-corrected chi connectivity index (χ4v) is 1.68. The lowest BCUT2D eigenvalue weighted by atomic mass is 10.3. The molecule has 1 amide bonds. The molecule has 18 heavy (non-hydrogen) atoms. The summed E-state index contributed by atoms with van der Waals surface area (Å²) in [6.07, 6.45) is 5.89. The fourth-order valence-electron chi connectivity index (χ4n) is 1.68. The van der Waals surface area contributed by atoms with Gasteiger partial charge in [0.1, 0.15) is 5.56 Å². The van der Waals surface area contributed by atoms with Crippen LogP contribution in [-0.2, 0) is 0 Å². The lowest BCUT2D eigenvalue weighted by Crippen LogP contribution is -2.27. The molecule has 0 aliphatic carbocycles. The van der Waals surface area contributed by atoms with Gasteiger partial charge in [0.25, 0.3) is 5.91 Å². The Balaban J connectivity index is 1.97. The molecule has 1 N–H and O–H groups in total. The van der Waals surface area contributed by atoms with Gasteiger partial charge in [-0.1, -0.05) is 0 Å². The van der Waals surface area contributed by atoms with Crippen molar-refractivity contribution in [2.45, 2.75) is 6.42 Å². The molecule has 96 valence electrons. The molecule has 2 aromatic rings. The van der Waals surface area contributed by atoms with Crippen molar-refractivity contribution in [2.24, 2.45) is 0 Å². The average molecular weight is 247 g/mol. The van der Waals surface area contributed by atoms with E-state index in [1.54, 1.807) is 29.2 Å². The molecule has 0 saturated carbocycles. The number of amides is 1. The van der Waals surface area contributed by atoms with E-state index in [9.17, 15) is 4.79 Å². The van der Waals surface area contributed by atoms with Crippen LogP contribution in [0.15, 0.2) is 24.7 Å². The summed E-state index contributed by atoms with van der Waals surface area (Å²) in [5.74, 6) is -0.123. The standard InChI is InChI=1S/C12H17N5O/c1-16(2)7-3-6-14-12(18)10-9-15-17-8-4-5-13-11(10)17/h4-5,8-9H,3,6-7H2,1-2H3,(H,14,18). The Hall–Kier alpha value is -1.95. The Morgan fingerprint density at radius 2 is 2.33 bits per heavy atom. The van der Waals surface area contributed by atoms with Crippen molar-refractivity contribution < 1.29 is 4.79 Å². The number of nitrogens with one attached hydrogen (secondary N) is 1. The quantitative estimate of drug-likeness (QED) is 0.777. The van der Waals surface area contributed by atoms with Crippen LogP contribution in [-0.4, -0.2) is 52.6 Å². The van der Waals surface area contributed by atoms with E-state index in [2.05, 4.69) is 20.3 Å². The van der Waals surface area contributed by atoms with Crippen molar-refractivity contribution in [3.63, 3.8) is 0 Å². The molecule has 0 atom stereocenters. The largest absolute Gasteiger partial charge is 0.352 e. The van der Waals surface area contributed by atoms with Crippen molar-refractivity contribution in [2.75, 3.05) is 27.2 Å². The third-order valence-corrected chi connectivity index (χ3v) is 2.59. The zero-order valence-electron chi connectivity index (χ0n) is 10.6. The van der Waals surface area contributed by atoms with E-state index in [-0.39, 0.29) is 5.91 Å². The molecule has 0 bridgehead atoms. The Morgan fingerprint density at radius 3 is 3.11 bits per heavy atom. The van der Waals surface area contributed by atoms with Gasteiger partial charge in [0, 0.05) is 18.9 Å². The van der Waals surface area contributed by atoms with Gasteiger partial charge in [-0.25, -0.2) is 9.50 Å². The average Bonchev–Trinajstić information content (AvgIpc) is 2.78. The van der Waals surface area contributed by atoms with Crippen LogP contribution in [0.5, 0.6) is 0 Å². The lowest BCUT2D eigenvalue weighted by Gasteiger charge is -2.09. The van der Waals surface area contributed by atoms with Gasteiger partial charge in [-0.3, -0.25) is 4.79 Å². The monoisotopic (exact) mass is 247 g/mol. The minimum Gasteiger partial charge on any atom is -0.352 e. The van der Waals surface area contributed by atoms with E-state index < -0.39 is 0 Å². The fraction of sp³-hybridized carbons (Fsp3) is 0.417. The van der Waals surface area contributed by atoms with Crippen LogP contribution in [0.4, 0.5) is 0 Å². The second-order valence-corrected chi connectivity index (χ2v) is 4.36. The van der Waals surface area contributed by atoms with E-state index >= 15 is 0 Å². The number of hydrogen-bond donors (Lipinski definition) is 1. The number of carbonyl (C=O) groups is 1. The SMILES string of the molecule is CN(C)CCCNC(=O)c1cnn2cccnc12. The number of carbonyl (C=O) groups excluding carboxylic acids is 1. The van der Waals surface area contributed by atoms with E-state index in [0.717, 1.165) is 13.0 Å². The summed E-state index contributed by atoms with van der Waals surface area (Å²) in [7, 11) is 4.02. The maximum atomic E-state index is 11.9. The molecular formula is C12H17N5O. The van der Waals surface area contributed by atoms with E-state index in [1.165, 1.54) is 0 Å². The molecule has 0 saturated heterocycles. The second kappa shape index (κ2) is 5.59. The zero-order valence-corrected chi connectivity index (χ0v) is 10.6. The van der Waals surface area contributed by atoms with E-state index in [0.29, 0.717) is 17.8 Å². The molecule has 0 fully saturated rings. The molecule has 0 spiro atoms. The molecule has 2 rings (SSSR count). The van der Waals surface area contributed by atoms with Crippen LogP contribution in [0, 0.1) is 0 Å². The molecule has 2 aromatic heterocycles. The number of hydrogen-bond acceptors (Lipinski definition) is 4. The van der Waals surface area contributed by atoms with Crippen LogP contribution >= 0.6 is 0 Å². The number of fused-ring (bicyclic) bond motifs is 1. The Bertz CT molecular complexity index is 534. The highest BCUT2D eigenvalue weighted by atomic mass is 16.1. The Labute approximate surface area is 106 Å². The molecule has 6 nitrogen and oxygen atoms in total. The minimum absolute atomic E-state index is 0.123. The first-order valence-corrected chi connectivity index (χ1v) is 5.90. The highest BCUT2D eigenvalue weighted by Crippen LogP contribution is 2.06. The smallest absolute Gasteiger partial charge is 0.256 e. The minimum atomic E-state index is -0.123. The van der Waals surface area contributed by atoms with Gasteiger partial charge in [-0.05, 0) is 33.1 Å². The van der Waals surface area contributed by atoms with Crippen LogP contribution in [0.3, 0.4) is 0 Å². The highest BCUT2D eigenvalue weighted by molar-refractivity contribution is 5.99. The molecule has 2 heterocycles. The Kier molecular flexibility index (Phi) is 3.88. The third kappa shape index (κ3) is 2.84. The van der Waals surface area contributed by atoms with Crippen molar-refractivity contribution in [1.29, 1.82) is 0 Å². The molecule has 0 aromatic carbocycles. The molecule has 0 radical (unpaired) electrons. The van der Waals surface area contributed by atoms with Crippen LogP contribution < -0.4 is 5.32 Å². The number of rotatable bonds is 5. The van der Waals surface area contributed by atoms with Crippen LogP contribution in [0.1, 0.15) is 16.8 Å². The van der Waals surface area contributed by atoms with Crippen LogP contribution in [0.25, 0.3) is 5.65 Å². The van der Waals surface area contributed by atoms with Gasteiger partial charge in [0.15, 0.2) is 5.65 Å². The molecular weight excluding hydrogens is 230 g/mol. The summed E-state index contributed by atoms with van der Waals surface area (Å²) in [6, 6.07) is 1.78. The second-order valence-electron chi connectivity index (χ2n) is 4.36. The number of aromatic nitrogens is 3. The normalized spacial score (nSPS) is 11.1. The van der Waals surface area contributed by atoms with Gasteiger partial charge in [0.05, 0.1) is 6.20 Å². The summed E-state index contributed by atoms with van der Waals surface area (Å²) in [5, 5.41) is 6.95. The van der Waals surface area contributed by atoms with Gasteiger partial charge in [0.2, 0.25) is 0 Å². The highest BCUT2D eigenvalue weighted by Gasteiger charge is 2.12. The summed E-state index contributed by atoms with van der Waals surface area (Å²) >= 11 is 0. The molecule has 6 heteroatoms. The van der Waals surface area contributed by atoms with Gasteiger partial charge < -0.3 is 10.2 Å². The van der Waals surface area contributed by atoms with E-state index in [1.807, 2.05) is 14.1 Å². The van der Waals surface area contributed by atoms with Crippen molar-refractivity contribution in [1.82, 2.24) is 24.8 Å². The topological polar surface area (TPSA) is 62.5 Å². The summed E-state index contributed by atoms with van der Waals surface area (Å²) in [5.41, 5.74) is 1.10. The maximum absolute atomic E-state index is 11.9. The zero-order chi connectivity index (χ0) is 13.0. The predicted octanol–water partition coefficient (Wildman–Crippen LogP) is 0.411. The molecule has 0 unspecified atom stereocenters. The lowest BCUT2D eigenvalue weighted by molar-refractivity contribution is 0.0953. The van der Waals surface area contributed by atoms with E-state index in [4.69, 9.17) is 0 Å². The summed E-state index contributed by atoms with van der Waals surface area (Å²) in [6.45, 7) is 1.61. The molecule has 0 aliphatic heterocycles. The predicted molar refractivity (Wildman–Crippen MR) is 68.5 cm³/mol. The van der Waals surface area contributed by atoms with Gasteiger partial charge in [-0.15, -0.1) is 0 Å². The summed E-state index contributed by atoms with van der Waals surface area (Å²) in [4.78, 5) is 18.2. The van der Waals surface area contributed by atoms with Gasteiger partial charge in [-0.2, -0.15) is 5.10 Å². The summed E-state index contributed by atoms with van der Waals surface area (Å²) < 4.78 is 1.59. The first kappa shape index (κ1) is 12.5. The van der Waals surface area contributed by atoms with Gasteiger partial charge >= 0.3 is 0 Å². The maximum Gasteiger partial charge on any atom is 0.256 e. The van der Waals surface area contributed by atoms with Crippen molar-refractivity contribution in [3.8, 4) is 0 Å². The third-order valence-electron chi connectivity index (χ3n) is 2.59. The van der Waals surface area contributed by atoms with Crippen molar-refractivity contribution >= 4 is 11.6 Å². The van der Waals surface area contributed by atoms with Crippen LogP contribution in [0.2, 0.25) is 0 Å². The van der Waals surface area contributed by atoms with Crippen molar-refractivity contribution in [3.05, 3.63) is 30.2 Å². The molecule has 0 aliphatic rings. The first-order valence-electron chi connectivity index (χ1n) is 5.90. The Morgan fingerprint density at radius 1 is 1.50 bits per heavy atom. The number of nitrogens with zero attached hydrogens (tertiary/aromatic N) is 4. The first-order chi connectivity index (χ1) is 8.68.